The molecule has 1 aromatic rings. The summed E-state index contributed by atoms with van der Waals surface area (Å²) in [7, 11) is 0. The molecule has 5 heteroatoms. The third-order valence-corrected chi connectivity index (χ3v) is 4.73. The van der Waals surface area contributed by atoms with Gasteiger partial charge in [-0.05, 0) is 53.9 Å². The number of hydrogen-bond acceptors (Lipinski definition) is 3. The van der Waals surface area contributed by atoms with Crippen molar-refractivity contribution in [2.45, 2.75) is 25.4 Å². The molecule has 3 nitrogen and oxygen atoms in total. The predicted molar refractivity (Wildman–Crippen MR) is 77.5 cm³/mol. The molecule has 2 rings (SSSR count). The molecule has 0 saturated carbocycles. The molecule has 0 aromatic carbocycles. The van der Waals surface area contributed by atoms with Crippen LogP contribution < -0.4 is 0 Å². The Hall–Kier alpha value is -0.650. The van der Waals surface area contributed by atoms with E-state index in [1.807, 2.05) is 25.1 Å². The van der Waals surface area contributed by atoms with Crippen molar-refractivity contribution in [2.24, 2.45) is 0 Å². The lowest BCUT2D eigenvalue weighted by molar-refractivity contribution is -0.129. The predicted octanol–water partition coefficient (Wildman–Crippen LogP) is 2.90. The lowest BCUT2D eigenvalue weighted by Crippen LogP contribution is -2.44. The Balaban J connectivity index is 1.91. The van der Waals surface area contributed by atoms with E-state index in [0.717, 1.165) is 8.66 Å². The maximum absolute atomic E-state index is 11.9. The van der Waals surface area contributed by atoms with E-state index in [0.29, 0.717) is 25.9 Å². The monoisotopic (exact) mass is 329 g/mol. The van der Waals surface area contributed by atoms with Crippen molar-refractivity contribution in [3.63, 3.8) is 0 Å². The summed E-state index contributed by atoms with van der Waals surface area (Å²) in [6, 6.07) is 3.94. The van der Waals surface area contributed by atoms with E-state index >= 15 is 0 Å². The number of halogens is 1. The van der Waals surface area contributed by atoms with Crippen LogP contribution in [0.5, 0.6) is 0 Å². The quantitative estimate of drug-likeness (QED) is 0.847. The van der Waals surface area contributed by atoms with Crippen LogP contribution in [-0.2, 0) is 4.79 Å². The highest BCUT2D eigenvalue weighted by atomic mass is 79.9. The minimum Gasteiger partial charge on any atom is -0.390 e. The first-order valence-electron chi connectivity index (χ1n) is 5.91. The summed E-state index contributed by atoms with van der Waals surface area (Å²) in [5.41, 5.74) is -0.612. The molecule has 1 amide bonds. The van der Waals surface area contributed by atoms with Crippen LogP contribution >= 0.6 is 27.3 Å². The first-order chi connectivity index (χ1) is 8.46. The van der Waals surface area contributed by atoms with Crippen LogP contribution in [0.25, 0.3) is 6.08 Å². The summed E-state index contributed by atoms with van der Waals surface area (Å²) in [6.45, 7) is 3.09. The van der Waals surface area contributed by atoms with Gasteiger partial charge in [0.15, 0.2) is 0 Å². The van der Waals surface area contributed by atoms with Crippen molar-refractivity contribution < 1.29 is 9.90 Å². The third-order valence-electron chi connectivity index (χ3n) is 3.14. The summed E-state index contributed by atoms with van der Waals surface area (Å²) in [5, 5.41) is 9.83. The number of rotatable bonds is 2. The molecule has 18 heavy (non-hydrogen) atoms. The molecule has 1 fully saturated rings. The zero-order valence-electron chi connectivity index (χ0n) is 10.2. The number of nitrogens with zero attached hydrogens (tertiary/aromatic N) is 1. The fourth-order valence-corrected chi connectivity index (χ4v) is 3.21. The van der Waals surface area contributed by atoms with Gasteiger partial charge in [0.1, 0.15) is 0 Å². The zero-order chi connectivity index (χ0) is 13.2. The average molecular weight is 330 g/mol. The largest absolute Gasteiger partial charge is 0.390 e. The highest BCUT2D eigenvalue weighted by Crippen LogP contribution is 2.24. The molecule has 0 spiro atoms. The minimum absolute atomic E-state index is 0.0232. The lowest BCUT2D eigenvalue weighted by Gasteiger charge is -2.35. The Morgan fingerprint density at radius 3 is 2.72 bits per heavy atom. The molecular formula is C13H16BrNO2S. The molecule has 0 atom stereocenters. The summed E-state index contributed by atoms with van der Waals surface area (Å²) in [4.78, 5) is 14.8. The number of thiophene rings is 1. The van der Waals surface area contributed by atoms with Gasteiger partial charge in [-0.3, -0.25) is 4.79 Å². The van der Waals surface area contributed by atoms with Crippen LogP contribution in [-0.4, -0.2) is 34.6 Å². The molecule has 0 bridgehead atoms. The van der Waals surface area contributed by atoms with Crippen molar-refractivity contribution in [1.82, 2.24) is 4.90 Å². The Kier molecular flexibility index (Phi) is 4.25. The van der Waals surface area contributed by atoms with Crippen LogP contribution in [0.1, 0.15) is 24.6 Å². The number of aliphatic hydroxyl groups is 1. The molecular weight excluding hydrogens is 314 g/mol. The van der Waals surface area contributed by atoms with Crippen molar-refractivity contribution in [1.29, 1.82) is 0 Å². The van der Waals surface area contributed by atoms with Gasteiger partial charge in [-0.1, -0.05) is 0 Å². The Bertz CT molecular complexity index is 457. The van der Waals surface area contributed by atoms with Crippen LogP contribution in [0.15, 0.2) is 22.0 Å². The molecule has 1 N–H and O–H groups in total. The van der Waals surface area contributed by atoms with Gasteiger partial charge in [0.2, 0.25) is 5.91 Å². The minimum atomic E-state index is -0.612. The second-order valence-corrected chi connectivity index (χ2v) is 7.29. The summed E-state index contributed by atoms with van der Waals surface area (Å²) >= 11 is 4.99. The van der Waals surface area contributed by atoms with Gasteiger partial charge < -0.3 is 10.0 Å². The molecule has 1 aliphatic rings. The molecule has 0 unspecified atom stereocenters. The highest BCUT2D eigenvalue weighted by Gasteiger charge is 2.28. The standard InChI is InChI=1S/C13H16BrNO2S/c1-13(17)6-8-15(9-7-13)12(16)5-3-10-2-4-11(14)18-10/h2-5,17H,6-9H2,1H3/b5-3+. The third kappa shape index (κ3) is 3.67. The number of carbonyl (C=O) groups excluding carboxylic acids is 1. The van der Waals surface area contributed by atoms with Crippen LogP contribution in [0.2, 0.25) is 0 Å². The Morgan fingerprint density at radius 1 is 1.50 bits per heavy atom. The number of carbonyl (C=O) groups is 1. The molecule has 1 saturated heterocycles. The second kappa shape index (κ2) is 5.55. The van der Waals surface area contributed by atoms with E-state index in [1.54, 1.807) is 22.3 Å². The summed E-state index contributed by atoms with van der Waals surface area (Å²) < 4.78 is 1.06. The molecule has 1 aromatic heterocycles. The van der Waals surface area contributed by atoms with E-state index in [9.17, 15) is 9.90 Å². The number of likely N-dealkylation sites (tertiary alicyclic amines) is 1. The van der Waals surface area contributed by atoms with Gasteiger partial charge >= 0.3 is 0 Å². The molecule has 0 radical (unpaired) electrons. The van der Waals surface area contributed by atoms with E-state index < -0.39 is 5.60 Å². The number of hydrogen-bond donors (Lipinski definition) is 1. The fraction of sp³-hybridized carbons (Fsp3) is 0.462. The molecule has 1 aliphatic heterocycles. The van der Waals surface area contributed by atoms with Crippen LogP contribution in [0, 0.1) is 0 Å². The maximum Gasteiger partial charge on any atom is 0.246 e. The van der Waals surface area contributed by atoms with Gasteiger partial charge in [0.25, 0.3) is 0 Å². The Labute approximate surface area is 119 Å². The van der Waals surface area contributed by atoms with Gasteiger partial charge in [-0.25, -0.2) is 0 Å². The van der Waals surface area contributed by atoms with Crippen LogP contribution in [0.3, 0.4) is 0 Å². The van der Waals surface area contributed by atoms with Crippen molar-refractivity contribution in [2.75, 3.05) is 13.1 Å². The van der Waals surface area contributed by atoms with E-state index in [4.69, 9.17) is 0 Å². The van der Waals surface area contributed by atoms with Gasteiger partial charge in [0, 0.05) is 24.0 Å². The number of amides is 1. The molecule has 98 valence electrons. The normalized spacial score (nSPS) is 19.4. The Morgan fingerprint density at radius 2 is 2.17 bits per heavy atom. The fourth-order valence-electron chi connectivity index (χ4n) is 1.89. The molecule has 2 heterocycles. The smallest absolute Gasteiger partial charge is 0.246 e. The SMILES string of the molecule is CC1(O)CCN(C(=O)/C=C/c2ccc(Br)s2)CC1. The van der Waals surface area contributed by atoms with Crippen LogP contribution in [0.4, 0.5) is 0 Å². The second-order valence-electron chi connectivity index (χ2n) is 4.80. The van der Waals surface area contributed by atoms with E-state index in [-0.39, 0.29) is 5.91 Å². The first-order valence-corrected chi connectivity index (χ1v) is 7.52. The van der Waals surface area contributed by atoms with Crippen molar-refractivity contribution in [3.05, 3.63) is 26.9 Å². The average Bonchev–Trinajstić information content (AvgIpc) is 2.72. The molecule has 0 aliphatic carbocycles. The van der Waals surface area contributed by atoms with E-state index in [2.05, 4.69) is 15.9 Å². The van der Waals surface area contributed by atoms with E-state index in [1.165, 1.54) is 0 Å². The zero-order valence-corrected chi connectivity index (χ0v) is 12.6. The topological polar surface area (TPSA) is 40.5 Å². The number of piperidine rings is 1. The van der Waals surface area contributed by atoms with Crippen molar-refractivity contribution in [3.8, 4) is 0 Å². The maximum atomic E-state index is 11.9. The van der Waals surface area contributed by atoms with Gasteiger partial charge in [-0.2, -0.15) is 0 Å². The lowest BCUT2D eigenvalue weighted by atomic mass is 9.94. The van der Waals surface area contributed by atoms with Gasteiger partial charge in [-0.15, -0.1) is 11.3 Å². The van der Waals surface area contributed by atoms with Crippen molar-refractivity contribution >= 4 is 39.2 Å². The first kappa shape index (κ1) is 13.8. The van der Waals surface area contributed by atoms with Gasteiger partial charge in [0.05, 0.1) is 9.39 Å². The summed E-state index contributed by atoms with van der Waals surface area (Å²) in [6.07, 6.45) is 4.75. The summed E-state index contributed by atoms with van der Waals surface area (Å²) in [5.74, 6) is 0.0232. The highest BCUT2D eigenvalue weighted by molar-refractivity contribution is 9.11.